The number of aryl methyl sites for hydroxylation is 3. The van der Waals surface area contributed by atoms with Gasteiger partial charge in [-0.1, -0.05) is 97.9 Å². The van der Waals surface area contributed by atoms with Crippen LogP contribution in [0.25, 0.3) is 0 Å². The monoisotopic (exact) mass is 346 g/mol. The van der Waals surface area contributed by atoms with Crippen LogP contribution in [0.15, 0.2) is 48.5 Å². The summed E-state index contributed by atoms with van der Waals surface area (Å²) in [5.74, 6) is 1.17. The summed E-state index contributed by atoms with van der Waals surface area (Å²) in [6.45, 7) is 16.9. The number of benzene rings is 2. The van der Waals surface area contributed by atoms with Gasteiger partial charge in [0.1, 0.15) is 5.75 Å². The van der Waals surface area contributed by atoms with Gasteiger partial charge < -0.3 is 5.11 Å². The molecule has 1 N–H and O–H groups in total. The standard InChI is InChI=1S/C9H12.C8H10O.C4H10.C2H6.CH4/c1-3-9-6-4-8(2)5-7-9;1-2-7-3-5-8(9)6-4-7;1-4(2)3;1-2;/h4-7H,3H2,1-2H3;3-6,9H,2H2,1H3;4H,1-3H3;1-2H3;1H4. The van der Waals surface area contributed by atoms with E-state index in [4.69, 9.17) is 5.11 Å². The molecule has 0 bridgehead atoms. The van der Waals surface area contributed by atoms with Crippen LogP contribution in [-0.2, 0) is 12.8 Å². The Morgan fingerprint density at radius 2 is 1.00 bits per heavy atom. The molecular formula is C24H42O. The van der Waals surface area contributed by atoms with Crippen LogP contribution >= 0.6 is 0 Å². The van der Waals surface area contributed by atoms with Gasteiger partial charge >= 0.3 is 0 Å². The van der Waals surface area contributed by atoms with Gasteiger partial charge in [-0.05, 0) is 48.9 Å². The third-order valence-corrected chi connectivity index (χ3v) is 2.87. The smallest absolute Gasteiger partial charge is 0.115 e. The third-order valence-electron chi connectivity index (χ3n) is 2.87. The van der Waals surface area contributed by atoms with Crippen LogP contribution in [0.3, 0.4) is 0 Å². The van der Waals surface area contributed by atoms with Crippen molar-refractivity contribution < 1.29 is 5.11 Å². The summed E-state index contributed by atoms with van der Waals surface area (Å²) >= 11 is 0. The van der Waals surface area contributed by atoms with Crippen molar-refractivity contribution in [3.63, 3.8) is 0 Å². The normalized spacial score (nSPS) is 8.52. The molecular weight excluding hydrogens is 304 g/mol. The predicted molar refractivity (Wildman–Crippen MR) is 117 cm³/mol. The SMILES string of the molecule is C.CC.CC(C)C.CCc1ccc(C)cc1.CCc1ccc(O)cc1. The summed E-state index contributed by atoms with van der Waals surface area (Å²) in [6.07, 6.45) is 2.17. The molecule has 0 saturated carbocycles. The predicted octanol–water partition coefficient (Wildman–Crippen LogP) is 7.84. The molecule has 0 aliphatic rings. The van der Waals surface area contributed by atoms with Crippen molar-refractivity contribution in [1.82, 2.24) is 0 Å². The fourth-order valence-corrected chi connectivity index (χ4v) is 1.56. The van der Waals surface area contributed by atoms with Gasteiger partial charge in [-0.25, -0.2) is 0 Å². The third kappa shape index (κ3) is 18.4. The number of phenolic OH excluding ortho intramolecular Hbond substituents is 1. The summed E-state index contributed by atoms with van der Waals surface area (Å²) in [6, 6.07) is 15.9. The van der Waals surface area contributed by atoms with Crippen molar-refractivity contribution in [3.8, 4) is 5.75 Å². The van der Waals surface area contributed by atoms with Crippen LogP contribution in [0.1, 0.15) is 72.6 Å². The molecule has 2 aromatic rings. The highest BCUT2D eigenvalue weighted by atomic mass is 16.3. The van der Waals surface area contributed by atoms with Crippen LogP contribution in [0.5, 0.6) is 5.75 Å². The molecule has 0 radical (unpaired) electrons. The van der Waals surface area contributed by atoms with E-state index in [0.717, 1.165) is 18.8 Å². The van der Waals surface area contributed by atoms with E-state index in [2.05, 4.69) is 65.8 Å². The van der Waals surface area contributed by atoms with Gasteiger partial charge in [0, 0.05) is 0 Å². The quantitative estimate of drug-likeness (QED) is 0.587. The lowest BCUT2D eigenvalue weighted by molar-refractivity contribution is 0.475. The van der Waals surface area contributed by atoms with Gasteiger partial charge in [0.15, 0.2) is 0 Å². The highest BCUT2D eigenvalue weighted by molar-refractivity contribution is 5.25. The van der Waals surface area contributed by atoms with Gasteiger partial charge in [0.25, 0.3) is 0 Å². The fraction of sp³-hybridized carbons (Fsp3) is 0.500. The lowest BCUT2D eigenvalue weighted by atomic mass is 10.1. The van der Waals surface area contributed by atoms with Crippen molar-refractivity contribution in [2.24, 2.45) is 5.92 Å². The maximum Gasteiger partial charge on any atom is 0.115 e. The molecule has 0 aliphatic carbocycles. The first-order chi connectivity index (χ1) is 11.4. The number of phenols is 1. The second kappa shape index (κ2) is 18.6. The van der Waals surface area contributed by atoms with Gasteiger partial charge in [0.2, 0.25) is 0 Å². The van der Waals surface area contributed by atoms with E-state index >= 15 is 0 Å². The Kier molecular flexibility index (Phi) is 20.9. The molecule has 0 spiro atoms. The number of hydrogen-bond acceptors (Lipinski definition) is 1. The minimum atomic E-state index is 0. The van der Waals surface area contributed by atoms with Crippen LogP contribution in [0.4, 0.5) is 0 Å². The zero-order valence-corrected chi connectivity index (χ0v) is 17.1. The average Bonchev–Trinajstić information content (AvgIpc) is 2.58. The van der Waals surface area contributed by atoms with Crippen molar-refractivity contribution in [2.45, 2.75) is 75.7 Å². The van der Waals surface area contributed by atoms with Crippen LogP contribution in [0, 0.1) is 12.8 Å². The molecule has 2 aromatic carbocycles. The van der Waals surface area contributed by atoms with Crippen LogP contribution in [0.2, 0.25) is 0 Å². The molecule has 0 atom stereocenters. The molecule has 2 rings (SSSR count). The maximum atomic E-state index is 8.85. The molecule has 1 heteroatoms. The first kappa shape index (κ1) is 28.1. The Morgan fingerprint density at radius 1 is 0.720 bits per heavy atom. The molecule has 0 unspecified atom stereocenters. The van der Waals surface area contributed by atoms with E-state index in [9.17, 15) is 0 Å². The summed E-state index contributed by atoms with van der Waals surface area (Å²) in [7, 11) is 0. The van der Waals surface area contributed by atoms with Crippen molar-refractivity contribution in [3.05, 3.63) is 65.2 Å². The molecule has 0 aliphatic heterocycles. The molecule has 1 nitrogen and oxygen atoms in total. The molecule has 0 amide bonds. The summed E-state index contributed by atoms with van der Waals surface area (Å²) in [4.78, 5) is 0. The van der Waals surface area contributed by atoms with Crippen LogP contribution < -0.4 is 0 Å². The topological polar surface area (TPSA) is 20.2 Å². The maximum absolute atomic E-state index is 8.85. The number of rotatable bonds is 2. The van der Waals surface area contributed by atoms with Gasteiger partial charge in [0.05, 0.1) is 0 Å². The molecule has 0 heterocycles. The van der Waals surface area contributed by atoms with Crippen molar-refractivity contribution in [1.29, 1.82) is 0 Å². The summed E-state index contributed by atoms with van der Waals surface area (Å²) in [5, 5.41) is 8.85. The van der Waals surface area contributed by atoms with E-state index in [1.165, 1.54) is 16.7 Å². The average molecular weight is 347 g/mol. The zero-order chi connectivity index (χ0) is 19.0. The largest absolute Gasteiger partial charge is 0.508 e. The first-order valence-corrected chi connectivity index (χ1v) is 9.22. The second-order valence-corrected chi connectivity index (χ2v) is 6.09. The molecule has 0 fully saturated rings. The van der Waals surface area contributed by atoms with Crippen molar-refractivity contribution >= 4 is 0 Å². The number of aromatic hydroxyl groups is 1. The zero-order valence-electron chi connectivity index (χ0n) is 17.1. The Bertz CT molecular complexity index is 432. The molecule has 0 aromatic heterocycles. The minimum absolute atomic E-state index is 0. The first-order valence-electron chi connectivity index (χ1n) is 9.22. The number of hydrogen-bond donors (Lipinski definition) is 1. The van der Waals surface area contributed by atoms with Gasteiger partial charge in [-0.2, -0.15) is 0 Å². The van der Waals surface area contributed by atoms with Crippen molar-refractivity contribution in [2.75, 3.05) is 0 Å². The molecule has 0 saturated heterocycles. The second-order valence-electron chi connectivity index (χ2n) is 6.09. The van der Waals surface area contributed by atoms with E-state index in [1.54, 1.807) is 12.1 Å². The fourth-order valence-electron chi connectivity index (χ4n) is 1.56. The Balaban J connectivity index is -0.000000288. The molecule has 144 valence electrons. The van der Waals surface area contributed by atoms with E-state index in [1.807, 2.05) is 26.0 Å². The lowest BCUT2D eigenvalue weighted by Crippen LogP contribution is -1.77. The van der Waals surface area contributed by atoms with E-state index in [0.29, 0.717) is 5.75 Å². The summed E-state index contributed by atoms with van der Waals surface area (Å²) in [5.41, 5.74) is 4.01. The minimum Gasteiger partial charge on any atom is -0.508 e. The van der Waals surface area contributed by atoms with E-state index < -0.39 is 0 Å². The van der Waals surface area contributed by atoms with Gasteiger partial charge in [-0.15, -0.1) is 0 Å². The Hall–Kier alpha value is -1.76. The molecule has 25 heavy (non-hydrogen) atoms. The van der Waals surface area contributed by atoms with Crippen LogP contribution in [-0.4, -0.2) is 5.11 Å². The van der Waals surface area contributed by atoms with Gasteiger partial charge in [-0.3, -0.25) is 0 Å². The Labute approximate surface area is 158 Å². The summed E-state index contributed by atoms with van der Waals surface area (Å²) < 4.78 is 0. The van der Waals surface area contributed by atoms with E-state index in [-0.39, 0.29) is 7.43 Å². The Morgan fingerprint density at radius 3 is 1.28 bits per heavy atom. The lowest BCUT2D eigenvalue weighted by Gasteiger charge is -1.94. The highest BCUT2D eigenvalue weighted by Gasteiger charge is 1.86. The highest BCUT2D eigenvalue weighted by Crippen LogP contribution is 2.09.